The molecule has 2 unspecified atom stereocenters. The van der Waals surface area contributed by atoms with Crippen LogP contribution in [0.5, 0.6) is 5.75 Å². The van der Waals surface area contributed by atoms with E-state index in [1.807, 2.05) is 31.2 Å². The van der Waals surface area contributed by atoms with Crippen LogP contribution in [0, 0.1) is 6.92 Å². The Bertz CT molecular complexity index is 460. The molecular formula is C15H21NO3. The third-order valence-corrected chi connectivity index (χ3v) is 3.48. The molecule has 0 bridgehead atoms. The van der Waals surface area contributed by atoms with Crippen LogP contribution in [0.1, 0.15) is 31.7 Å². The molecule has 2 atom stereocenters. The molecule has 0 heterocycles. The molecule has 2 N–H and O–H groups in total. The first-order chi connectivity index (χ1) is 9.03. The highest BCUT2D eigenvalue weighted by atomic mass is 16.5. The van der Waals surface area contributed by atoms with E-state index in [9.17, 15) is 4.79 Å². The minimum absolute atomic E-state index is 0.0174. The maximum absolute atomic E-state index is 11.8. The zero-order valence-electron chi connectivity index (χ0n) is 11.5. The Kier molecular flexibility index (Phi) is 4.10. The van der Waals surface area contributed by atoms with Crippen molar-refractivity contribution >= 4 is 5.97 Å². The predicted molar refractivity (Wildman–Crippen MR) is 73.0 cm³/mol. The summed E-state index contributed by atoms with van der Waals surface area (Å²) >= 11 is 0. The number of nitrogens with two attached hydrogens (primary N) is 1. The normalized spacial score (nSPS) is 26.2. The van der Waals surface area contributed by atoms with Gasteiger partial charge in [0, 0.05) is 6.42 Å². The van der Waals surface area contributed by atoms with Gasteiger partial charge in [0.2, 0.25) is 0 Å². The van der Waals surface area contributed by atoms with Crippen molar-refractivity contribution in [1.82, 2.24) is 0 Å². The van der Waals surface area contributed by atoms with Crippen LogP contribution in [0.2, 0.25) is 0 Å². The number of carbonyl (C=O) groups excluding carboxylic acids is 1. The van der Waals surface area contributed by atoms with Gasteiger partial charge in [-0.3, -0.25) is 4.79 Å². The zero-order chi connectivity index (χ0) is 13.9. The summed E-state index contributed by atoms with van der Waals surface area (Å²) in [5.74, 6) is 0.517. The van der Waals surface area contributed by atoms with Crippen molar-refractivity contribution in [2.45, 2.75) is 44.8 Å². The first kappa shape index (κ1) is 13.9. The Labute approximate surface area is 113 Å². The second-order valence-electron chi connectivity index (χ2n) is 5.18. The molecule has 0 radical (unpaired) electrons. The highest BCUT2D eigenvalue weighted by Crippen LogP contribution is 2.32. The molecule has 1 aromatic carbocycles. The van der Waals surface area contributed by atoms with Crippen molar-refractivity contribution < 1.29 is 14.3 Å². The monoisotopic (exact) mass is 263 g/mol. The van der Waals surface area contributed by atoms with Crippen molar-refractivity contribution in [2.24, 2.45) is 5.73 Å². The summed E-state index contributed by atoms with van der Waals surface area (Å²) in [6, 6.07) is 7.89. The van der Waals surface area contributed by atoms with Crippen molar-refractivity contribution in [3.63, 3.8) is 0 Å². The van der Waals surface area contributed by atoms with Crippen LogP contribution in [-0.4, -0.2) is 24.2 Å². The van der Waals surface area contributed by atoms with E-state index in [-0.39, 0.29) is 12.1 Å². The second kappa shape index (κ2) is 5.61. The second-order valence-corrected chi connectivity index (χ2v) is 5.18. The molecule has 1 aliphatic carbocycles. The molecule has 0 aromatic heterocycles. The van der Waals surface area contributed by atoms with Crippen molar-refractivity contribution in [2.75, 3.05) is 6.61 Å². The number of hydrogen-bond acceptors (Lipinski definition) is 4. The van der Waals surface area contributed by atoms with E-state index in [1.54, 1.807) is 6.92 Å². The molecule has 1 saturated carbocycles. The topological polar surface area (TPSA) is 61.5 Å². The molecule has 104 valence electrons. The fourth-order valence-electron chi connectivity index (χ4n) is 2.47. The quantitative estimate of drug-likeness (QED) is 0.846. The van der Waals surface area contributed by atoms with Crippen LogP contribution in [0.15, 0.2) is 24.3 Å². The van der Waals surface area contributed by atoms with Gasteiger partial charge in [0.05, 0.1) is 6.61 Å². The van der Waals surface area contributed by atoms with E-state index in [0.29, 0.717) is 19.4 Å². The van der Waals surface area contributed by atoms with Crippen LogP contribution in [0.4, 0.5) is 0 Å². The van der Waals surface area contributed by atoms with E-state index >= 15 is 0 Å². The highest BCUT2D eigenvalue weighted by Gasteiger charge is 2.44. The van der Waals surface area contributed by atoms with Gasteiger partial charge in [-0.2, -0.15) is 0 Å². The molecule has 0 amide bonds. The van der Waals surface area contributed by atoms with Gasteiger partial charge in [0.15, 0.2) is 0 Å². The Morgan fingerprint density at radius 2 is 2.32 bits per heavy atom. The number of carbonyl (C=O) groups is 1. The Morgan fingerprint density at radius 1 is 1.53 bits per heavy atom. The van der Waals surface area contributed by atoms with Gasteiger partial charge in [-0.1, -0.05) is 12.1 Å². The SMILES string of the molecule is CCOC(=O)C1(N)CCC(Oc2cccc(C)c2)C1. The molecule has 19 heavy (non-hydrogen) atoms. The number of esters is 1. The zero-order valence-corrected chi connectivity index (χ0v) is 11.5. The first-order valence-corrected chi connectivity index (χ1v) is 6.73. The molecule has 1 aliphatic rings. The summed E-state index contributed by atoms with van der Waals surface area (Å²) in [5, 5.41) is 0. The fourth-order valence-corrected chi connectivity index (χ4v) is 2.47. The molecule has 0 spiro atoms. The third kappa shape index (κ3) is 3.26. The van der Waals surface area contributed by atoms with Crippen molar-refractivity contribution in [3.8, 4) is 5.75 Å². The molecule has 1 fully saturated rings. The van der Waals surface area contributed by atoms with Gasteiger partial charge in [-0.05, 0) is 44.4 Å². The first-order valence-electron chi connectivity index (χ1n) is 6.73. The smallest absolute Gasteiger partial charge is 0.326 e. The Balaban J connectivity index is 1.97. The summed E-state index contributed by atoms with van der Waals surface area (Å²) in [4.78, 5) is 11.8. The van der Waals surface area contributed by atoms with Gasteiger partial charge in [-0.15, -0.1) is 0 Å². The van der Waals surface area contributed by atoms with Crippen LogP contribution in [0.3, 0.4) is 0 Å². The van der Waals surface area contributed by atoms with Gasteiger partial charge in [-0.25, -0.2) is 0 Å². The maximum Gasteiger partial charge on any atom is 0.326 e. The maximum atomic E-state index is 11.8. The van der Waals surface area contributed by atoms with Gasteiger partial charge in [0.1, 0.15) is 17.4 Å². The number of rotatable bonds is 4. The largest absolute Gasteiger partial charge is 0.490 e. The lowest BCUT2D eigenvalue weighted by Gasteiger charge is -2.21. The lowest BCUT2D eigenvalue weighted by atomic mass is 9.99. The van der Waals surface area contributed by atoms with Crippen molar-refractivity contribution in [1.29, 1.82) is 0 Å². The van der Waals surface area contributed by atoms with Gasteiger partial charge in [0.25, 0.3) is 0 Å². The van der Waals surface area contributed by atoms with Crippen LogP contribution in [-0.2, 0) is 9.53 Å². The molecule has 0 saturated heterocycles. The summed E-state index contributed by atoms with van der Waals surface area (Å²) in [6.07, 6.45) is 1.89. The molecular weight excluding hydrogens is 242 g/mol. The Morgan fingerprint density at radius 3 is 3.00 bits per heavy atom. The lowest BCUT2D eigenvalue weighted by Crippen LogP contribution is -2.47. The standard InChI is InChI=1S/C15H21NO3/c1-3-18-14(17)15(16)8-7-13(10-15)19-12-6-4-5-11(2)9-12/h4-6,9,13H,3,7-8,10,16H2,1-2H3. The van der Waals surface area contributed by atoms with Crippen LogP contribution in [0.25, 0.3) is 0 Å². The molecule has 0 aliphatic heterocycles. The van der Waals surface area contributed by atoms with Crippen LogP contribution >= 0.6 is 0 Å². The fraction of sp³-hybridized carbons (Fsp3) is 0.533. The minimum atomic E-state index is -0.884. The number of hydrogen-bond donors (Lipinski definition) is 1. The predicted octanol–water partition coefficient (Wildman–Crippen LogP) is 2.19. The molecule has 4 nitrogen and oxygen atoms in total. The van der Waals surface area contributed by atoms with Crippen LogP contribution < -0.4 is 10.5 Å². The summed E-state index contributed by atoms with van der Waals surface area (Å²) in [6.45, 7) is 4.17. The van der Waals surface area contributed by atoms with Gasteiger partial charge >= 0.3 is 5.97 Å². The summed E-state index contributed by atoms with van der Waals surface area (Å²) in [5.41, 5.74) is 6.38. The van der Waals surface area contributed by atoms with E-state index in [1.165, 1.54) is 0 Å². The average molecular weight is 263 g/mol. The number of ether oxygens (including phenoxy) is 2. The molecule has 1 aromatic rings. The molecule has 4 heteroatoms. The average Bonchev–Trinajstić information content (AvgIpc) is 2.73. The number of aryl methyl sites for hydroxylation is 1. The van der Waals surface area contributed by atoms with E-state index in [0.717, 1.165) is 17.7 Å². The minimum Gasteiger partial charge on any atom is -0.490 e. The van der Waals surface area contributed by atoms with E-state index in [4.69, 9.17) is 15.2 Å². The van der Waals surface area contributed by atoms with E-state index in [2.05, 4.69) is 0 Å². The summed E-state index contributed by atoms with van der Waals surface area (Å²) < 4.78 is 10.9. The Hall–Kier alpha value is -1.55. The summed E-state index contributed by atoms with van der Waals surface area (Å²) in [7, 11) is 0. The van der Waals surface area contributed by atoms with Gasteiger partial charge < -0.3 is 15.2 Å². The highest BCUT2D eigenvalue weighted by molar-refractivity contribution is 5.81. The van der Waals surface area contributed by atoms with Crippen molar-refractivity contribution in [3.05, 3.63) is 29.8 Å². The lowest BCUT2D eigenvalue weighted by molar-refractivity contribution is -0.149. The van der Waals surface area contributed by atoms with E-state index < -0.39 is 5.54 Å². The molecule has 2 rings (SSSR count). The number of benzene rings is 1. The third-order valence-electron chi connectivity index (χ3n) is 3.48.